The van der Waals surface area contributed by atoms with Crippen LogP contribution in [0.1, 0.15) is 20.8 Å². The summed E-state index contributed by atoms with van der Waals surface area (Å²) in [5, 5.41) is 0. The van der Waals surface area contributed by atoms with Crippen LogP contribution in [0, 0.1) is 0 Å². The molecule has 1 atom stereocenters. The molecule has 0 aliphatic carbocycles. The number of piperazine rings is 1. The van der Waals surface area contributed by atoms with E-state index >= 15 is 0 Å². The largest absolute Gasteiger partial charge is 0.465 e. The molecule has 0 bridgehead atoms. The van der Waals surface area contributed by atoms with Gasteiger partial charge in [0, 0.05) is 19.6 Å². The fourth-order valence-corrected chi connectivity index (χ4v) is 2.00. The van der Waals surface area contributed by atoms with E-state index in [-0.39, 0.29) is 12.0 Å². The molecule has 0 spiro atoms. The molecular formula is C11H22N2O2. The summed E-state index contributed by atoms with van der Waals surface area (Å²) in [5.74, 6) is -0.0718. The Bertz CT molecular complexity index is 209. The van der Waals surface area contributed by atoms with Crippen molar-refractivity contribution in [3.63, 3.8) is 0 Å². The van der Waals surface area contributed by atoms with Crippen molar-refractivity contribution in [2.75, 3.05) is 39.3 Å². The molecule has 0 N–H and O–H groups in total. The first-order valence-electron chi connectivity index (χ1n) is 5.85. The van der Waals surface area contributed by atoms with Crippen LogP contribution in [0.15, 0.2) is 0 Å². The number of carbonyl (C=O) groups is 1. The smallest absolute Gasteiger partial charge is 0.324 e. The Morgan fingerprint density at radius 3 is 2.53 bits per heavy atom. The number of ether oxygens (including phenoxy) is 1. The van der Waals surface area contributed by atoms with E-state index in [4.69, 9.17) is 4.74 Å². The summed E-state index contributed by atoms with van der Waals surface area (Å²) in [7, 11) is 0. The molecule has 0 saturated carbocycles. The van der Waals surface area contributed by atoms with Gasteiger partial charge in [0.1, 0.15) is 6.04 Å². The molecule has 15 heavy (non-hydrogen) atoms. The Balaban J connectivity index is 2.58. The molecule has 0 amide bonds. The maximum atomic E-state index is 11.7. The van der Waals surface area contributed by atoms with Gasteiger partial charge in [-0.3, -0.25) is 9.69 Å². The lowest BCUT2D eigenvalue weighted by Gasteiger charge is -2.38. The molecule has 4 heteroatoms. The summed E-state index contributed by atoms with van der Waals surface area (Å²) >= 11 is 0. The molecule has 0 aromatic heterocycles. The second-order valence-electron chi connectivity index (χ2n) is 3.79. The summed E-state index contributed by atoms with van der Waals surface area (Å²) in [6, 6.07) is -0.0661. The quantitative estimate of drug-likeness (QED) is 0.641. The number of rotatable bonds is 4. The highest BCUT2D eigenvalue weighted by molar-refractivity contribution is 5.76. The van der Waals surface area contributed by atoms with Crippen molar-refractivity contribution in [2.45, 2.75) is 26.8 Å². The number of hydrogen-bond acceptors (Lipinski definition) is 4. The van der Waals surface area contributed by atoms with Crippen LogP contribution in [0.25, 0.3) is 0 Å². The molecule has 88 valence electrons. The van der Waals surface area contributed by atoms with Gasteiger partial charge in [-0.15, -0.1) is 0 Å². The predicted octanol–water partition coefficient (Wildman–Crippen LogP) is 0.575. The summed E-state index contributed by atoms with van der Waals surface area (Å²) in [6.07, 6.45) is 0. The highest BCUT2D eigenvalue weighted by atomic mass is 16.5. The van der Waals surface area contributed by atoms with Gasteiger partial charge in [-0.2, -0.15) is 0 Å². The number of likely N-dealkylation sites (N-methyl/N-ethyl adjacent to an activating group) is 2. The van der Waals surface area contributed by atoms with Gasteiger partial charge in [-0.05, 0) is 20.0 Å². The normalized spacial score (nSPS) is 24.1. The monoisotopic (exact) mass is 214 g/mol. The van der Waals surface area contributed by atoms with Crippen LogP contribution in [0.5, 0.6) is 0 Å². The third-order valence-electron chi connectivity index (χ3n) is 2.99. The topological polar surface area (TPSA) is 32.8 Å². The van der Waals surface area contributed by atoms with Crippen LogP contribution in [-0.4, -0.2) is 61.1 Å². The van der Waals surface area contributed by atoms with E-state index in [1.807, 2.05) is 6.92 Å². The highest BCUT2D eigenvalue weighted by Gasteiger charge is 2.31. The van der Waals surface area contributed by atoms with Crippen molar-refractivity contribution >= 4 is 5.97 Å². The van der Waals surface area contributed by atoms with E-state index in [9.17, 15) is 4.79 Å². The van der Waals surface area contributed by atoms with Crippen LogP contribution in [0.2, 0.25) is 0 Å². The maximum absolute atomic E-state index is 11.7. The molecule has 1 fully saturated rings. The molecule has 0 aromatic rings. The van der Waals surface area contributed by atoms with Crippen molar-refractivity contribution in [1.29, 1.82) is 0 Å². The van der Waals surface area contributed by atoms with Crippen LogP contribution < -0.4 is 0 Å². The van der Waals surface area contributed by atoms with Gasteiger partial charge < -0.3 is 9.64 Å². The standard InChI is InChI=1S/C11H22N2O2/c1-4-12-7-8-13(5-2)10(9-12)11(14)15-6-3/h10H,4-9H2,1-3H3. The van der Waals surface area contributed by atoms with Gasteiger partial charge in [0.15, 0.2) is 0 Å². The van der Waals surface area contributed by atoms with E-state index in [0.717, 1.165) is 32.7 Å². The molecule has 1 unspecified atom stereocenters. The third-order valence-corrected chi connectivity index (χ3v) is 2.99. The Morgan fingerprint density at radius 1 is 1.27 bits per heavy atom. The Morgan fingerprint density at radius 2 is 2.00 bits per heavy atom. The zero-order valence-electron chi connectivity index (χ0n) is 10.0. The molecule has 1 aliphatic rings. The van der Waals surface area contributed by atoms with E-state index in [1.165, 1.54) is 0 Å². The van der Waals surface area contributed by atoms with Crippen molar-refractivity contribution in [2.24, 2.45) is 0 Å². The van der Waals surface area contributed by atoms with Crippen LogP contribution >= 0.6 is 0 Å². The van der Waals surface area contributed by atoms with Crippen molar-refractivity contribution in [3.05, 3.63) is 0 Å². The fraction of sp³-hybridized carbons (Fsp3) is 0.909. The second-order valence-corrected chi connectivity index (χ2v) is 3.79. The minimum atomic E-state index is -0.0718. The second kappa shape index (κ2) is 6.08. The van der Waals surface area contributed by atoms with Crippen molar-refractivity contribution in [1.82, 2.24) is 9.80 Å². The summed E-state index contributed by atoms with van der Waals surface area (Å²) in [4.78, 5) is 16.2. The Hall–Kier alpha value is -0.610. The SMILES string of the molecule is CCOC(=O)C1CN(CC)CCN1CC. The van der Waals surface area contributed by atoms with Gasteiger partial charge >= 0.3 is 5.97 Å². The van der Waals surface area contributed by atoms with E-state index < -0.39 is 0 Å². The molecule has 1 aliphatic heterocycles. The average Bonchev–Trinajstić information content (AvgIpc) is 2.28. The lowest BCUT2D eigenvalue weighted by molar-refractivity contribution is -0.152. The van der Waals surface area contributed by atoms with Crippen molar-refractivity contribution in [3.8, 4) is 0 Å². The minimum absolute atomic E-state index is 0.0661. The average molecular weight is 214 g/mol. The van der Waals surface area contributed by atoms with Crippen LogP contribution in [0.4, 0.5) is 0 Å². The van der Waals surface area contributed by atoms with Crippen LogP contribution in [-0.2, 0) is 9.53 Å². The summed E-state index contributed by atoms with van der Waals surface area (Å²) in [5.41, 5.74) is 0. The zero-order valence-corrected chi connectivity index (χ0v) is 10.0. The molecule has 0 aromatic carbocycles. The fourth-order valence-electron chi connectivity index (χ4n) is 2.00. The number of esters is 1. The maximum Gasteiger partial charge on any atom is 0.324 e. The zero-order chi connectivity index (χ0) is 11.3. The lowest BCUT2D eigenvalue weighted by Crippen LogP contribution is -2.56. The molecule has 0 radical (unpaired) electrons. The minimum Gasteiger partial charge on any atom is -0.465 e. The first-order valence-corrected chi connectivity index (χ1v) is 5.85. The number of hydrogen-bond donors (Lipinski definition) is 0. The van der Waals surface area contributed by atoms with Gasteiger partial charge in [0.05, 0.1) is 6.61 Å². The summed E-state index contributed by atoms with van der Waals surface area (Å²) < 4.78 is 5.10. The number of nitrogens with zero attached hydrogens (tertiary/aromatic N) is 2. The molecule has 1 heterocycles. The predicted molar refractivity (Wildman–Crippen MR) is 59.8 cm³/mol. The molecule has 1 rings (SSSR count). The number of carbonyl (C=O) groups excluding carboxylic acids is 1. The van der Waals surface area contributed by atoms with Crippen LogP contribution in [0.3, 0.4) is 0 Å². The van der Waals surface area contributed by atoms with Gasteiger partial charge in [-0.25, -0.2) is 0 Å². The molecular weight excluding hydrogens is 192 g/mol. The first-order chi connectivity index (χ1) is 7.22. The van der Waals surface area contributed by atoms with E-state index in [0.29, 0.717) is 6.61 Å². The molecule has 1 saturated heterocycles. The first kappa shape index (κ1) is 12.5. The van der Waals surface area contributed by atoms with Crippen molar-refractivity contribution < 1.29 is 9.53 Å². The van der Waals surface area contributed by atoms with E-state index in [1.54, 1.807) is 0 Å². The highest BCUT2D eigenvalue weighted by Crippen LogP contribution is 2.10. The summed E-state index contributed by atoms with van der Waals surface area (Å²) in [6.45, 7) is 11.3. The van der Waals surface area contributed by atoms with Gasteiger partial charge in [0.2, 0.25) is 0 Å². The Labute approximate surface area is 92.2 Å². The third kappa shape index (κ3) is 3.18. The Kier molecular flexibility index (Phi) is 5.05. The molecule has 4 nitrogen and oxygen atoms in total. The van der Waals surface area contributed by atoms with Gasteiger partial charge in [-0.1, -0.05) is 13.8 Å². The lowest BCUT2D eigenvalue weighted by atomic mass is 10.1. The van der Waals surface area contributed by atoms with E-state index in [2.05, 4.69) is 23.6 Å². The van der Waals surface area contributed by atoms with Gasteiger partial charge in [0.25, 0.3) is 0 Å².